The molecule has 0 bridgehead atoms. The van der Waals surface area contributed by atoms with Gasteiger partial charge in [-0.2, -0.15) is 0 Å². The number of carbonyl (C=O) groups is 3. The van der Waals surface area contributed by atoms with Crippen molar-refractivity contribution >= 4 is 17.9 Å². The largest absolute Gasteiger partial charge is 0.481 e. The van der Waals surface area contributed by atoms with E-state index >= 15 is 0 Å². The maximum Gasteiger partial charge on any atom is 0.343 e. The highest BCUT2D eigenvalue weighted by Crippen LogP contribution is 2.30. The molecule has 0 amide bonds. The van der Waals surface area contributed by atoms with Crippen LogP contribution in [-0.4, -0.2) is 30.1 Å². The van der Waals surface area contributed by atoms with Crippen molar-refractivity contribution < 1.29 is 38.4 Å². The van der Waals surface area contributed by atoms with Crippen LogP contribution in [0.25, 0.3) is 0 Å². The Labute approximate surface area is 185 Å². The van der Waals surface area contributed by atoms with E-state index in [2.05, 4.69) is 6.58 Å². The summed E-state index contributed by atoms with van der Waals surface area (Å²) in [7, 11) is 1.44. The summed E-state index contributed by atoms with van der Waals surface area (Å²) in [4.78, 5) is 35.7. The Morgan fingerprint density at radius 3 is 1.78 bits per heavy atom. The number of esters is 2. The van der Waals surface area contributed by atoms with E-state index in [1.807, 2.05) is 0 Å². The van der Waals surface area contributed by atoms with Crippen LogP contribution in [0.2, 0.25) is 0 Å². The summed E-state index contributed by atoms with van der Waals surface area (Å²) in [6.07, 6.45) is 1.93. The predicted octanol–water partition coefficient (Wildman–Crippen LogP) is 4.20. The Morgan fingerprint density at radius 1 is 0.781 bits per heavy atom. The molecule has 32 heavy (non-hydrogen) atoms. The van der Waals surface area contributed by atoms with Gasteiger partial charge in [0.25, 0.3) is 5.95 Å². The molecule has 8 heteroatoms. The van der Waals surface area contributed by atoms with Crippen LogP contribution in [0.3, 0.4) is 0 Å². The summed E-state index contributed by atoms with van der Waals surface area (Å²) >= 11 is 0. The van der Waals surface area contributed by atoms with Crippen molar-refractivity contribution in [2.24, 2.45) is 11.8 Å². The Hall–Kier alpha value is -3.81. The molecule has 2 aromatic rings. The third-order valence-electron chi connectivity index (χ3n) is 5.21. The molecule has 0 saturated heterocycles. The highest BCUT2D eigenvalue weighted by molar-refractivity contribution is 5.91. The number of carboxylic acids is 1. The molecule has 3 rings (SSSR count). The van der Waals surface area contributed by atoms with Crippen molar-refractivity contribution in [3.8, 4) is 17.2 Å². The maximum absolute atomic E-state index is 12.3. The van der Waals surface area contributed by atoms with E-state index in [9.17, 15) is 14.4 Å². The number of hydrogen-bond acceptors (Lipinski definition) is 7. The maximum atomic E-state index is 12.3. The highest BCUT2D eigenvalue weighted by atomic mass is 16.7. The number of carboxylic acid groups (broad SMARTS) is 1. The quantitative estimate of drug-likeness (QED) is 0.370. The molecule has 1 fully saturated rings. The fourth-order valence-electron chi connectivity index (χ4n) is 3.35. The van der Waals surface area contributed by atoms with E-state index < -0.39 is 11.9 Å². The lowest BCUT2D eigenvalue weighted by molar-refractivity contribution is -0.146. The Bertz CT molecular complexity index is 970. The van der Waals surface area contributed by atoms with Crippen LogP contribution in [0.5, 0.6) is 17.2 Å². The minimum Gasteiger partial charge on any atom is -0.481 e. The molecule has 0 radical (unpaired) electrons. The van der Waals surface area contributed by atoms with E-state index in [4.69, 9.17) is 24.1 Å². The van der Waals surface area contributed by atoms with Crippen molar-refractivity contribution in [2.75, 3.05) is 7.11 Å². The second-order valence-corrected chi connectivity index (χ2v) is 7.37. The Balaban J connectivity index is 1.51. The zero-order valence-electron chi connectivity index (χ0n) is 17.6. The first-order valence-electron chi connectivity index (χ1n) is 10.1. The van der Waals surface area contributed by atoms with Crippen molar-refractivity contribution in [1.29, 1.82) is 0 Å². The van der Waals surface area contributed by atoms with Gasteiger partial charge in [-0.1, -0.05) is 0 Å². The summed E-state index contributed by atoms with van der Waals surface area (Å²) < 4.78 is 20.8. The minimum absolute atomic E-state index is 0.133. The SMILES string of the molecule is C=C(OC)Oc1ccc(C(=O)Oc2ccc(OC(=O)C3CCC(C(=O)O)CC3)cc2)cc1. The van der Waals surface area contributed by atoms with Gasteiger partial charge in [-0.3, -0.25) is 9.59 Å². The van der Waals surface area contributed by atoms with Crippen LogP contribution in [0.1, 0.15) is 36.0 Å². The van der Waals surface area contributed by atoms with Gasteiger partial charge in [0, 0.05) is 0 Å². The molecule has 1 N–H and O–H groups in total. The summed E-state index contributed by atoms with van der Waals surface area (Å²) in [6.45, 7) is 3.55. The smallest absolute Gasteiger partial charge is 0.343 e. The van der Waals surface area contributed by atoms with Gasteiger partial charge in [-0.05, 0) is 80.8 Å². The van der Waals surface area contributed by atoms with Gasteiger partial charge in [0.2, 0.25) is 0 Å². The highest BCUT2D eigenvalue weighted by Gasteiger charge is 2.30. The summed E-state index contributed by atoms with van der Waals surface area (Å²) in [5.41, 5.74) is 0.327. The van der Waals surface area contributed by atoms with Crippen LogP contribution < -0.4 is 14.2 Å². The number of carbonyl (C=O) groups excluding carboxylic acids is 2. The number of aliphatic carboxylic acids is 1. The third kappa shape index (κ3) is 6.10. The number of methoxy groups -OCH3 is 1. The van der Waals surface area contributed by atoms with Crippen LogP contribution in [0.15, 0.2) is 61.1 Å². The number of benzene rings is 2. The molecule has 2 aromatic carbocycles. The second kappa shape index (κ2) is 10.5. The first-order chi connectivity index (χ1) is 15.4. The van der Waals surface area contributed by atoms with Crippen molar-refractivity contribution in [3.05, 3.63) is 66.6 Å². The summed E-state index contributed by atoms with van der Waals surface area (Å²) in [5, 5.41) is 9.05. The number of hydrogen-bond donors (Lipinski definition) is 1. The van der Waals surface area contributed by atoms with Crippen LogP contribution >= 0.6 is 0 Å². The van der Waals surface area contributed by atoms with Gasteiger partial charge in [0.1, 0.15) is 17.2 Å². The molecular formula is C24H24O8. The fraction of sp³-hybridized carbons (Fsp3) is 0.292. The van der Waals surface area contributed by atoms with Crippen molar-refractivity contribution in [2.45, 2.75) is 25.7 Å². The molecule has 1 saturated carbocycles. The molecule has 1 aliphatic rings. The Morgan fingerprint density at radius 2 is 1.25 bits per heavy atom. The molecule has 0 unspecified atom stereocenters. The standard InChI is InChI=1S/C24H24O8/c1-15(29-2)30-19-9-7-18(8-10-19)24(28)32-21-13-11-20(12-14-21)31-23(27)17-5-3-16(4-6-17)22(25)26/h7-14,16-17H,1,3-6H2,2H3,(H,25,26). The lowest BCUT2D eigenvalue weighted by Gasteiger charge is -2.24. The summed E-state index contributed by atoms with van der Waals surface area (Å²) in [5.74, 6) is -1.22. The second-order valence-electron chi connectivity index (χ2n) is 7.37. The predicted molar refractivity (Wildman–Crippen MR) is 113 cm³/mol. The first-order valence-corrected chi connectivity index (χ1v) is 10.1. The van der Waals surface area contributed by atoms with E-state index in [1.54, 1.807) is 24.3 Å². The molecule has 0 aliphatic heterocycles. The molecule has 1 aliphatic carbocycles. The number of rotatable bonds is 8. The zero-order chi connectivity index (χ0) is 23.1. The molecule has 0 spiro atoms. The lowest BCUT2D eigenvalue weighted by atomic mass is 9.82. The van der Waals surface area contributed by atoms with Gasteiger partial charge in [0.15, 0.2) is 0 Å². The number of ether oxygens (including phenoxy) is 4. The topological polar surface area (TPSA) is 108 Å². The third-order valence-corrected chi connectivity index (χ3v) is 5.21. The molecule has 0 atom stereocenters. The van der Waals surface area contributed by atoms with Crippen LogP contribution in [0.4, 0.5) is 0 Å². The van der Waals surface area contributed by atoms with E-state index in [-0.39, 0.29) is 23.8 Å². The molecule has 8 nitrogen and oxygen atoms in total. The van der Waals surface area contributed by atoms with Gasteiger partial charge in [-0.25, -0.2) is 4.79 Å². The monoisotopic (exact) mass is 440 g/mol. The van der Waals surface area contributed by atoms with Crippen LogP contribution in [0, 0.1) is 11.8 Å². The average molecular weight is 440 g/mol. The lowest BCUT2D eigenvalue weighted by Crippen LogP contribution is -2.28. The molecule has 0 heterocycles. The molecular weight excluding hydrogens is 416 g/mol. The Kier molecular flexibility index (Phi) is 7.49. The van der Waals surface area contributed by atoms with Gasteiger partial charge < -0.3 is 24.1 Å². The first kappa shape index (κ1) is 22.9. The van der Waals surface area contributed by atoms with E-state index in [1.165, 1.54) is 31.4 Å². The van der Waals surface area contributed by atoms with Crippen molar-refractivity contribution in [3.63, 3.8) is 0 Å². The van der Waals surface area contributed by atoms with E-state index in [0.717, 1.165) is 0 Å². The molecule has 0 aromatic heterocycles. The molecule has 168 valence electrons. The summed E-state index contributed by atoms with van der Waals surface area (Å²) in [6, 6.07) is 12.4. The van der Waals surface area contributed by atoms with E-state index in [0.29, 0.717) is 48.5 Å². The van der Waals surface area contributed by atoms with Crippen molar-refractivity contribution in [1.82, 2.24) is 0 Å². The zero-order valence-corrected chi connectivity index (χ0v) is 17.6. The minimum atomic E-state index is -0.816. The fourth-order valence-corrected chi connectivity index (χ4v) is 3.35. The van der Waals surface area contributed by atoms with Crippen LogP contribution in [-0.2, 0) is 14.3 Å². The van der Waals surface area contributed by atoms with Gasteiger partial charge in [0.05, 0.1) is 24.5 Å². The normalized spacial score (nSPS) is 17.7. The van der Waals surface area contributed by atoms with Gasteiger partial charge in [-0.15, -0.1) is 0 Å². The van der Waals surface area contributed by atoms with Gasteiger partial charge >= 0.3 is 17.9 Å². The average Bonchev–Trinajstić information content (AvgIpc) is 2.80.